The van der Waals surface area contributed by atoms with Crippen LogP contribution < -0.4 is 10.6 Å². The standard InChI is InChI=1S/C24H20P.Li/c1-4-12-20(13-5-1)24(21-14-10-11-15-21)25(22-16-6-2-7-17-22)23-18-8-3-9-19-23;/h1-19,24H;. The van der Waals surface area contributed by atoms with Crippen LogP contribution in [0.1, 0.15) is 11.2 Å². The summed E-state index contributed by atoms with van der Waals surface area (Å²) < 4.78 is 0.0126. The molecule has 0 heterocycles. The maximum atomic E-state index is 2.37. The van der Waals surface area contributed by atoms with E-state index in [-0.39, 0.29) is 4.09 Å². The van der Waals surface area contributed by atoms with Gasteiger partial charge in [0.2, 0.25) is 0 Å². The summed E-state index contributed by atoms with van der Waals surface area (Å²) in [5.74, 6) is 0. The van der Waals surface area contributed by atoms with Gasteiger partial charge in [-0.05, 0) is 0 Å². The summed E-state index contributed by atoms with van der Waals surface area (Å²) in [5, 5.41) is 2.86. The topological polar surface area (TPSA) is 0 Å². The first-order chi connectivity index (χ1) is 12.8. The normalized spacial score (nSPS) is 16.1. The molecule has 122 valence electrons. The Balaban J connectivity index is 1.93. The fourth-order valence-corrected chi connectivity index (χ4v) is 6.89. The molecule has 3 aromatic carbocycles. The fraction of sp³-hybridized carbons (Fsp3) is 0.0833. The van der Waals surface area contributed by atoms with Crippen LogP contribution >= 0.6 is 7.92 Å². The van der Waals surface area contributed by atoms with Crippen molar-refractivity contribution < 1.29 is 0 Å². The molecule has 0 amide bonds. The van der Waals surface area contributed by atoms with Crippen LogP contribution in [-0.4, -0.2) is 17.7 Å². The Labute approximate surface area is 166 Å². The molecule has 1 atom stereocenters. The van der Waals surface area contributed by atoms with E-state index in [9.17, 15) is 0 Å². The first kappa shape index (κ1) is 17.6. The van der Waals surface area contributed by atoms with Crippen molar-refractivity contribution in [1.29, 1.82) is 0 Å². The minimum atomic E-state index is -0.553. The summed E-state index contributed by atoms with van der Waals surface area (Å²) in [4.78, 5) is 0. The molecular formula is C24H20LiP. The zero-order valence-electron chi connectivity index (χ0n) is 15.0. The monoisotopic (exact) mass is 346 g/mol. The molecule has 1 aliphatic carbocycles. The summed E-state index contributed by atoms with van der Waals surface area (Å²) in [6.45, 7) is 0. The van der Waals surface area contributed by atoms with E-state index in [1.165, 1.54) is 16.2 Å². The van der Waals surface area contributed by atoms with Crippen molar-refractivity contribution in [3.05, 3.63) is 121 Å². The van der Waals surface area contributed by atoms with E-state index >= 15 is 0 Å². The van der Waals surface area contributed by atoms with E-state index in [1.807, 2.05) is 0 Å². The van der Waals surface area contributed by atoms with Gasteiger partial charge in [-0.3, -0.25) is 0 Å². The van der Waals surface area contributed by atoms with Gasteiger partial charge in [-0.1, -0.05) is 0 Å². The molecule has 0 radical (unpaired) electrons. The number of benzene rings is 3. The Bertz CT molecular complexity index is 849. The van der Waals surface area contributed by atoms with Gasteiger partial charge >= 0.3 is 167 Å². The fourth-order valence-electron chi connectivity index (χ4n) is 3.81. The first-order valence-corrected chi connectivity index (χ1v) is 10.5. The van der Waals surface area contributed by atoms with E-state index in [0.29, 0.717) is 5.66 Å². The Kier molecular flexibility index (Phi) is 5.28. The Morgan fingerprint density at radius 1 is 0.615 bits per heavy atom. The van der Waals surface area contributed by atoms with Crippen molar-refractivity contribution in [2.75, 3.05) is 0 Å². The van der Waals surface area contributed by atoms with Crippen LogP contribution in [0.3, 0.4) is 0 Å². The molecule has 0 N–H and O–H groups in total. The van der Waals surface area contributed by atoms with Gasteiger partial charge in [0.25, 0.3) is 0 Å². The third-order valence-corrected chi connectivity index (χ3v) is 8.13. The molecule has 0 aliphatic heterocycles. The molecule has 0 saturated heterocycles. The van der Waals surface area contributed by atoms with Gasteiger partial charge in [0.15, 0.2) is 0 Å². The van der Waals surface area contributed by atoms with Crippen molar-refractivity contribution in [2.45, 2.75) is 9.75 Å². The van der Waals surface area contributed by atoms with Crippen molar-refractivity contribution in [1.82, 2.24) is 0 Å². The average molecular weight is 346 g/mol. The van der Waals surface area contributed by atoms with Gasteiger partial charge in [-0.2, -0.15) is 0 Å². The molecule has 0 bridgehead atoms. The second-order valence-corrected chi connectivity index (χ2v) is 9.23. The van der Waals surface area contributed by atoms with E-state index in [4.69, 9.17) is 0 Å². The minimum absolute atomic E-state index is 0.0126. The summed E-state index contributed by atoms with van der Waals surface area (Å²) in [6.07, 6.45) is 9.12. The second-order valence-electron chi connectivity index (χ2n) is 6.94. The number of hydrogen-bond acceptors (Lipinski definition) is 0. The zero-order chi connectivity index (χ0) is 17.8. The maximum absolute atomic E-state index is 2.37. The van der Waals surface area contributed by atoms with E-state index in [1.54, 1.807) is 0 Å². The predicted octanol–water partition coefficient (Wildman–Crippen LogP) is 5.31. The van der Waals surface area contributed by atoms with Gasteiger partial charge in [0.1, 0.15) is 0 Å². The molecular weight excluding hydrogens is 326 g/mol. The number of allylic oxidation sites excluding steroid dienone is 4. The Morgan fingerprint density at radius 2 is 1.04 bits per heavy atom. The van der Waals surface area contributed by atoms with Crippen LogP contribution in [0.15, 0.2) is 115 Å². The van der Waals surface area contributed by atoms with Gasteiger partial charge in [0, 0.05) is 0 Å². The zero-order valence-corrected chi connectivity index (χ0v) is 15.9. The van der Waals surface area contributed by atoms with Crippen molar-refractivity contribution >= 4 is 36.2 Å². The molecule has 0 fully saturated rings. The molecule has 2 heteroatoms. The van der Waals surface area contributed by atoms with Crippen LogP contribution in [0, 0.1) is 0 Å². The molecule has 26 heavy (non-hydrogen) atoms. The van der Waals surface area contributed by atoms with Crippen molar-refractivity contribution in [3.8, 4) is 0 Å². The molecule has 0 saturated carbocycles. The summed E-state index contributed by atoms with van der Waals surface area (Å²) in [7, 11) is -0.553. The van der Waals surface area contributed by atoms with Crippen LogP contribution in [-0.2, 0) is 0 Å². The number of rotatable bonds is 5. The summed E-state index contributed by atoms with van der Waals surface area (Å²) in [5.41, 5.74) is 1.79. The molecule has 1 unspecified atom stereocenters. The van der Waals surface area contributed by atoms with Gasteiger partial charge in [0.05, 0.1) is 0 Å². The Hall–Kier alpha value is -1.83. The summed E-state index contributed by atoms with van der Waals surface area (Å²) in [6, 6.07) is 33.1. The van der Waals surface area contributed by atoms with E-state index in [0.717, 1.165) is 0 Å². The van der Waals surface area contributed by atoms with Crippen molar-refractivity contribution in [2.24, 2.45) is 0 Å². The van der Waals surface area contributed by atoms with Crippen LogP contribution in [0.2, 0.25) is 4.09 Å². The van der Waals surface area contributed by atoms with E-state index in [2.05, 4.69) is 133 Å². The van der Waals surface area contributed by atoms with Crippen LogP contribution in [0.25, 0.3) is 0 Å². The third-order valence-electron chi connectivity index (χ3n) is 5.05. The molecule has 3 aromatic rings. The molecule has 0 nitrogen and oxygen atoms in total. The third kappa shape index (κ3) is 3.51. The van der Waals surface area contributed by atoms with E-state index < -0.39 is 7.92 Å². The quantitative estimate of drug-likeness (QED) is 0.434. The summed E-state index contributed by atoms with van der Waals surface area (Å²) >= 11 is 2.37. The van der Waals surface area contributed by atoms with Crippen molar-refractivity contribution in [3.63, 3.8) is 0 Å². The average Bonchev–Trinajstić information content (AvgIpc) is 3.15. The first-order valence-electron chi connectivity index (χ1n) is 9.09. The second kappa shape index (κ2) is 7.81. The van der Waals surface area contributed by atoms with Gasteiger partial charge < -0.3 is 0 Å². The van der Waals surface area contributed by atoms with Gasteiger partial charge in [-0.15, -0.1) is 0 Å². The number of hydrogen-bond donors (Lipinski definition) is 0. The molecule has 0 aromatic heterocycles. The van der Waals surface area contributed by atoms with Gasteiger partial charge in [-0.25, -0.2) is 0 Å². The molecule has 1 aliphatic rings. The Morgan fingerprint density at radius 3 is 1.50 bits per heavy atom. The molecule has 4 rings (SSSR count). The SMILES string of the molecule is [Li][C]1(C(c2ccccc2)P(c2ccccc2)c2ccccc2)C=CC=C1. The molecule has 0 spiro atoms. The van der Waals surface area contributed by atoms with Crippen LogP contribution in [0.5, 0.6) is 0 Å². The van der Waals surface area contributed by atoms with Crippen LogP contribution in [0.4, 0.5) is 0 Å². The predicted molar refractivity (Wildman–Crippen MR) is 115 cm³/mol.